The molecule has 0 unspecified atom stereocenters. The topological polar surface area (TPSA) is 160 Å². The maximum Gasteiger partial charge on any atom is 0.149 e. The molecule has 0 fully saturated rings. The monoisotopic (exact) mass is 551 g/mol. The molecule has 42 heavy (non-hydrogen) atoms. The van der Waals surface area contributed by atoms with Gasteiger partial charge in [-0.2, -0.15) is 15.8 Å². The second-order valence-electron chi connectivity index (χ2n) is 8.77. The van der Waals surface area contributed by atoms with Crippen LogP contribution in [0.3, 0.4) is 0 Å². The molecule has 5 rings (SSSR count). The van der Waals surface area contributed by atoms with Gasteiger partial charge in [0.1, 0.15) is 80.9 Å². The summed E-state index contributed by atoms with van der Waals surface area (Å²) in [6.45, 7) is 0. The van der Waals surface area contributed by atoms with Gasteiger partial charge in [0.2, 0.25) is 0 Å². The van der Waals surface area contributed by atoms with Crippen molar-refractivity contribution in [1.82, 2.24) is 0 Å². The van der Waals surface area contributed by atoms with E-state index in [0.717, 1.165) is 0 Å². The van der Waals surface area contributed by atoms with Gasteiger partial charge >= 0.3 is 0 Å². The number of hydrogen-bond acceptors (Lipinski definition) is 9. The predicted molar refractivity (Wildman–Crippen MR) is 155 cm³/mol. The van der Waals surface area contributed by atoms with Crippen LogP contribution >= 0.6 is 0 Å². The fourth-order valence-electron chi connectivity index (χ4n) is 3.94. The highest BCUT2D eigenvalue weighted by molar-refractivity contribution is 5.61. The average molecular weight is 552 g/mol. The molecule has 202 valence electrons. The van der Waals surface area contributed by atoms with E-state index in [4.69, 9.17) is 30.4 Å². The van der Waals surface area contributed by atoms with Gasteiger partial charge in [0.25, 0.3) is 0 Å². The molecule has 4 N–H and O–H groups in total. The Hall–Kier alpha value is -6.63. The minimum absolute atomic E-state index is 0.0555. The summed E-state index contributed by atoms with van der Waals surface area (Å²) in [5.74, 6) is 2.15. The van der Waals surface area contributed by atoms with E-state index in [1.165, 1.54) is 0 Å². The number of hydrogen-bond donors (Lipinski definition) is 2. The highest BCUT2D eigenvalue weighted by Gasteiger charge is 2.19. The van der Waals surface area contributed by atoms with Crippen molar-refractivity contribution < 1.29 is 18.9 Å². The number of benzene rings is 5. The van der Waals surface area contributed by atoms with E-state index in [1.807, 2.05) is 0 Å². The van der Waals surface area contributed by atoms with Crippen molar-refractivity contribution in [1.29, 1.82) is 15.8 Å². The van der Waals surface area contributed by atoms with E-state index in [-0.39, 0.29) is 51.2 Å². The molecule has 0 bridgehead atoms. The van der Waals surface area contributed by atoms with Crippen molar-refractivity contribution in [3.8, 4) is 64.2 Å². The molecule has 0 heterocycles. The Morgan fingerprint density at radius 3 is 0.905 bits per heavy atom. The van der Waals surface area contributed by atoms with Crippen LogP contribution in [0.1, 0.15) is 16.7 Å². The Balaban J connectivity index is 1.44. The lowest BCUT2D eigenvalue weighted by Gasteiger charge is -2.15. The summed E-state index contributed by atoms with van der Waals surface area (Å²) in [5, 5.41) is 29.9. The molecule has 9 heteroatoms. The number of nitrogens with two attached hydrogens (primary N) is 2. The van der Waals surface area contributed by atoms with Gasteiger partial charge in [0.05, 0.1) is 0 Å². The third-order valence-electron chi connectivity index (χ3n) is 5.96. The van der Waals surface area contributed by atoms with E-state index < -0.39 is 0 Å². The molecule has 0 atom stereocenters. The quantitative estimate of drug-likeness (QED) is 0.185. The SMILES string of the molecule is N#Cc1c(Oc2ccc(N)cc2)cccc1Oc1cccc(Oc2cccc(Oc3ccc(N)cc3)c2C#N)c1C#N. The Labute approximate surface area is 241 Å². The Kier molecular flexibility index (Phi) is 7.73. The third-order valence-corrected chi connectivity index (χ3v) is 5.96. The zero-order chi connectivity index (χ0) is 29.5. The van der Waals surface area contributed by atoms with E-state index >= 15 is 0 Å². The Morgan fingerprint density at radius 1 is 0.381 bits per heavy atom. The van der Waals surface area contributed by atoms with Crippen molar-refractivity contribution in [3.63, 3.8) is 0 Å². The number of ether oxygens (including phenoxy) is 4. The summed E-state index contributed by atoms with van der Waals surface area (Å²) in [6, 6.07) is 34.4. The molecule has 0 spiro atoms. The van der Waals surface area contributed by atoms with Gasteiger partial charge in [-0.05, 0) is 84.9 Å². The third kappa shape index (κ3) is 5.84. The molecule has 0 radical (unpaired) electrons. The minimum atomic E-state index is 0.0555. The lowest BCUT2D eigenvalue weighted by Crippen LogP contribution is -1.97. The van der Waals surface area contributed by atoms with Gasteiger partial charge in [-0.3, -0.25) is 0 Å². The Bertz CT molecular complexity index is 1750. The fourth-order valence-corrected chi connectivity index (χ4v) is 3.94. The summed E-state index contributed by atoms with van der Waals surface area (Å²) in [4.78, 5) is 0. The van der Waals surface area contributed by atoms with Gasteiger partial charge < -0.3 is 30.4 Å². The summed E-state index contributed by atoms with van der Waals surface area (Å²) >= 11 is 0. The second-order valence-corrected chi connectivity index (χ2v) is 8.77. The van der Waals surface area contributed by atoms with E-state index in [0.29, 0.717) is 22.9 Å². The number of nitrogens with zero attached hydrogens (tertiary/aromatic N) is 3. The molecule has 0 saturated heterocycles. The highest BCUT2D eigenvalue weighted by atomic mass is 16.5. The maximum atomic E-state index is 10.0. The highest BCUT2D eigenvalue weighted by Crippen LogP contribution is 2.40. The first-order chi connectivity index (χ1) is 20.5. The summed E-state index contributed by atoms with van der Waals surface area (Å²) in [7, 11) is 0. The van der Waals surface area contributed by atoms with Crippen molar-refractivity contribution in [2.45, 2.75) is 0 Å². The van der Waals surface area contributed by atoms with Crippen molar-refractivity contribution >= 4 is 11.4 Å². The number of anilines is 2. The average Bonchev–Trinajstić information content (AvgIpc) is 3.00. The fraction of sp³-hybridized carbons (Fsp3) is 0. The normalized spacial score (nSPS) is 10.0. The van der Waals surface area contributed by atoms with Crippen LogP contribution in [0.2, 0.25) is 0 Å². The number of nitrogen functional groups attached to an aromatic ring is 2. The first kappa shape index (κ1) is 27.0. The van der Waals surface area contributed by atoms with Gasteiger partial charge in [-0.25, -0.2) is 0 Å². The van der Waals surface area contributed by atoms with Crippen LogP contribution in [0.5, 0.6) is 46.0 Å². The van der Waals surface area contributed by atoms with Crippen molar-refractivity contribution in [3.05, 3.63) is 120 Å². The molecule has 0 aromatic heterocycles. The maximum absolute atomic E-state index is 10.0. The minimum Gasteiger partial charge on any atom is -0.456 e. The standard InChI is InChI=1S/C33H21N5O4/c34-18-25-28(39-23-14-10-21(37)11-15-23)4-1-6-30(25)41-32-8-3-9-33(27(32)20-36)42-31-7-2-5-29(26(31)19-35)40-24-16-12-22(38)13-17-24/h1-17H,37-38H2. The molecule has 0 amide bonds. The van der Waals surface area contributed by atoms with Crippen molar-refractivity contribution in [2.75, 3.05) is 11.5 Å². The molecule has 0 saturated carbocycles. The van der Waals surface area contributed by atoms with E-state index in [2.05, 4.69) is 18.2 Å². The van der Waals surface area contributed by atoms with E-state index in [9.17, 15) is 15.8 Å². The van der Waals surface area contributed by atoms with Gasteiger partial charge in [0.15, 0.2) is 0 Å². The van der Waals surface area contributed by atoms with Crippen molar-refractivity contribution in [2.24, 2.45) is 0 Å². The molecule has 0 aliphatic rings. The Morgan fingerprint density at radius 2 is 0.643 bits per heavy atom. The molecule has 0 aliphatic heterocycles. The first-order valence-corrected chi connectivity index (χ1v) is 12.5. The van der Waals surface area contributed by atoms with Crippen LogP contribution in [0, 0.1) is 34.0 Å². The summed E-state index contributed by atoms with van der Waals surface area (Å²) in [6.07, 6.45) is 0. The summed E-state index contributed by atoms with van der Waals surface area (Å²) in [5.41, 5.74) is 13.0. The number of nitriles is 3. The molecule has 5 aromatic rings. The van der Waals surface area contributed by atoms with Crippen LogP contribution in [-0.2, 0) is 0 Å². The zero-order valence-corrected chi connectivity index (χ0v) is 21.9. The second kappa shape index (κ2) is 12.0. The zero-order valence-electron chi connectivity index (χ0n) is 21.9. The molecule has 9 nitrogen and oxygen atoms in total. The van der Waals surface area contributed by atoms with Gasteiger partial charge in [0, 0.05) is 11.4 Å². The van der Waals surface area contributed by atoms with Gasteiger partial charge in [-0.1, -0.05) is 18.2 Å². The summed E-state index contributed by atoms with van der Waals surface area (Å²) < 4.78 is 23.8. The van der Waals surface area contributed by atoms with Crippen LogP contribution in [0.15, 0.2) is 103 Å². The predicted octanol–water partition coefficient (Wildman–Crippen LogP) is 7.64. The van der Waals surface area contributed by atoms with Crippen LogP contribution in [-0.4, -0.2) is 0 Å². The molecular weight excluding hydrogens is 530 g/mol. The van der Waals surface area contributed by atoms with Crippen LogP contribution in [0.25, 0.3) is 0 Å². The molecular formula is C33H21N5O4. The smallest absolute Gasteiger partial charge is 0.149 e. The molecule has 5 aromatic carbocycles. The lowest BCUT2D eigenvalue weighted by molar-refractivity contribution is 0.443. The molecule has 0 aliphatic carbocycles. The van der Waals surface area contributed by atoms with Gasteiger partial charge in [-0.15, -0.1) is 0 Å². The van der Waals surface area contributed by atoms with Crippen LogP contribution < -0.4 is 30.4 Å². The van der Waals surface area contributed by atoms with Crippen LogP contribution in [0.4, 0.5) is 11.4 Å². The number of rotatable bonds is 8. The largest absolute Gasteiger partial charge is 0.456 e. The lowest BCUT2D eigenvalue weighted by atomic mass is 10.1. The van der Waals surface area contributed by atoms with E-state index in [1.54, 1.807) is 103 Å². The first-order valence-electron chi connectivity index (χ1n) is 12.5.